The third kappa shape index (κ3) is 7.62. The molecule has 4 aromatic carbocycles. The summed E-state index contributed by atoms with van der Waals surface area (Å²) in [5.74, 6) is 2.97. The van der Waals surface area contributed by atoms with E-state index in [1.165, 1.54) is 60.1 Å². The van der Waals surface area contributed by atoms with Crippen molar-refractivity contribution in [2.75, 3.05) is 13.2 Å². The van der Waals surface area contributed by atoms with E-state index in [2.05, 4.69) is 120 Å². The number of fused-ring (bicyclic) bond motifs is 2. The van der Waals surface area contributed by atoms with Gasteiger partial charge in [0.25, 0.3) is 0 Å². The van der Waals surface area contributed by atoms with Gasteiger partial charge in [-0.1, -0.05) is 122 Å². The summed E-state index contributed by atoms with van der Waals surface area (Å²) < 4.78 is 15.6. The highest BCUT2D eigenvalue weighted by Gasteiger charge is 2.21. The molecular weight excluding hydrogens is 624 g/mol. The largest absolute Gasteiger partial charge is 0.493 e. The summed E-state index contributed by atoms with van der Waals surface area (Å²) in [4.78, 5) is 0. The van der Waals surface area contributed by atoms with E-state index in [1.54, 1.807) is 0 Å². The Morgan fingerprint density at radius 1 is 0.575 bits per heavy atom. The molecule has 0 saturated carbocycles. The molecule has 0 aliphatic rings. The lowest BCUT2D eigenvalue weighted by Gasteiger charge is -2.23. The molecule has 214 valence electrons. The van der Waals surface area contributed by atoms with E-state index in [1.807, 2.05) is 0 Å². The van der Waals surface area contributed by atoms with Gasteiger partial charge in [0.05, 0.1) is 13.2 Å². The molecule has 0 radical (unpaired) electrons. The molecule has 2 unspecified atom stereocenters. The summed E-state index contributed by atoms with van der Waals surface area (Å²) in [6.45, 7) is 10.5. The van der Waals surface area contributed by atoms with E-state index >= 15 is 0 Å². The van der Waals surface area contributed by atoms with Gasteiger partial charge in [-0.3, -0.25) is 0 Å². The van der Waals surface area contributed by atoms with Crippen molar-refractivity contribution in [2.24, 2.45) is 11.8 Å². The Kier molecular flexibility index (Phi) is 11.8. The highest BCUT2D eigenvalue weighted by atomic mass is 79.9. The molecular formula is C36H44Br2O2. The Balaban J connectivity index is 1.87. The maximum absolute atomic E-state index is 6.73. The van der Waals surface area contributed by atoms with Gasteiger partial charge in [-0.25, -0.2) is 0 Å². The minimum Gasteiger partial charge on any atom is -0.493 e. The molecule has 4 heteroatoms. The van der Waals surface area contributed by atoms with Crippen molar-refractivity contribution >= 4 is 53.4 Å². The zero-order valence-electron chi connectivity index (χ0n) is 24.6. The molecule has 40 heavy (non-hydrogen) atoms. The topological polar surface area (TPSA) is 18.5 Å². The van der Waals surface area contributed by atoms with Gasteiger partial charge in [-0.2, -0.15) is 0 Å². The predicted octanol–water partition coefficient (Wildman–Crippen LogP) is 12.4. The van der Waals surface area contributed by atoms with Crippen LogP contribution in [-0.2, 0) is 0 Å². The third-order valence-electron chi connectivity index (χ3n) is 8.17. The zero-order chi connectivity index (χ0) is 28.5. The minimum atomic E-state index is 0.552. The second-order valence-corrected chi connectivity index (χ2v) is 12.9. The highest BCUT2D eigenvalue weighted by molar-refractivity contribution is 9.10. The molecule has 2 nitrogen and oxygen atoms in total. The molecule has 0 heterocycles. The Morgan fingerprint density at radius 2 is 1.00 bits per heavy atom. The summed E-state index contributed by atoms with van der Waals surface area (Å²) in [6.07, 6.45) is 9.59. The monoisotopic (exact) mass is 666 g/mol. The van der Waals surface area contributed by atoms with Crippen LogP contribution in [0.4, 0.5) is 0 Å². The first-order valence-corrected chi connectivity index (χ1v) is 16.8. The van der Waals surface area contributed by atoms with Gasteiger partial charge in [-0.05, 0) is 82.6 Å². The molecule has 0 fully saturated rings. The average molecular weight is 669 g/mol. The molecule has 0 bridgehead atoms. The van der Waals surface area contributed by atoms with E-state index in [-0.39, 0.29) is 0 Å². The molecule has 0 N–H and O–H groups in total. The zero-order valence-corrected chi connectivity index (χ0v) is 27.7. The lowest BCUT2D eigenvalue weighted by Crippen LogP contribution is -2.13. The number of unbranched alkanes of at least 4 members (excludes halogenated alkanes) is 2. The normalized spacial score (nSPS) is 13.1. The van der Waals surface area contributed by atoms with Crippen molar-refractivity contribution in [1.29, 1.82) is 0 Å². The average Bonchev–Trinajstić information content (AvgIpc) is 2.97. The molecule has 0 spiro atoms. The standard InChI is InChI=1S/C36H44Br2O2/c1-5-9-11-25(7-3)23-39-33-19-13-27-21-29(37)15-17-31(27)35(33)36-32-18-16-30(38)22-28(32)14-20-34(36)40-24-26(8-4)12-10-6-2/h13-22,25-26H,5-12,23-24H2,1-4H3. The van der Waals surface area contributed by atoms with Gasteiger partial charge < -0.3 is 9.47 Å². The van der Waals surface area contributed by atoms with E-state index in [4.69, 9.17) is 9.47 Å². The van der Waals surface area contributed by atoms with E-state index < -0.39 is 0 Å². The molecule has 4 rings (SSSR count). The van der Waals surface area contributed by atoms with Gasteiger partial charge in [0, 0.05) is 20.1 Å². The summed E-state index contributed by atoms with van der Waals surface area (Å²) in [5.41, 5.74) is 2.25. The lowest BCUT2D eigenvalue weighted by atomic mass is 9.92. The molecule has 2 atom stereocenters. The van der Waals surface area contributed by atoms with Gasteiger partial charge in [0.15, 0.2) is 0 Å². The molecule has 0 aliphatic heterocycles. The van der Waals surface area contributed by atoms with Crippen LogP contribution in [0.15, 0.2) is 69.6 Å². The molecule has 4 aromatic rings. The molecule has 0 amide bonds. The third-order valence-corrected chi connectivity index (χ3v) is 9.16. The minimum absolute atomic E-state index is 0.552. The van der Waals surface area contributed by atoms with Crippen LogP contribution in [0.3, 0.4) is 0 Å². The number of halogens is 2. The van der Waals surface area contributed by atoms with E-state index in [9.17, 15) is 0 Å². The van der Waals surface area contributed by atoms with Crippen LogP contribution in [0.5, 0.6) is 11.5 Å². The van der Waals surface area contributed by atoms with Crippen LogP contribution in [0.2, 0.25) is 0 Å². The van der Waals surface area contributed by atoms with E-state index in [0.29, 0.717) is 11.8 Å². The lowest BCUT2D eigenvalue weighted by molar-refractivity contribution is 0.231. The molecule has 0 aliphatic carbocycles. The van der Waals surface area contributed by atoms with Crippen molar-refractivity contribution < 1.29 is 9.47 Å². The number of rotatable bonds is 15. The first kappa shape index (κ1) is 30.9. The summed E-state index contributed by atoms with van der Waals surface area (Å²) in [6, 6.07) is 21.8. The second-order valence-electron chi connectivity index (χ2n) is 11.1. The van der Waals surface area contributed by atoms with Gasteiger partial charge >= 0.3 is 0 Å². The fraction of sp³-hybridized carbons (Fsp3) is 0.444. The first-order chi connectivity index (χ1) is 19.5. The first-order valence-electron chi connectivity index (χ1n) is 15.2. The van der Waals surface area contributed by atoms with Crippen molar-refractivity contribution in [1.82, 2.24) is 0 Å². The Labute approximate surface area is 258 Å². The van der Waals surface area contributed by atoms with Crippen molar-refractivity contribution in [3.8, 4) is 22.6 Å². The van der Waals surface area contributed by atoms with Crippen LogP contribution < -0.4 is 9.47 Å². The summed E-state index contributed by atoms with van der Waals surface area (Å²) >= 11 is 7.37. The molecule has 0 saturated heterocycles. The number of benzene rings is 4. The SMILES string of the molecule is CCCCC(CC)COc1ccc2cc(Br)ccc2c1-c1c(OCC(CC)CCCC)ccc2cc(Br)ccc12. The van der Waals surface area contributed by atoms with Crippen LogP contribution in [0.25, 0.3) is 32.7 Å². The summed E-state index contributed by atoms with van der Waals surface area (Å²) in [7, 11) is 0. The van der Waals surface area contributed by atoms with Crippen LogP contribution in [0.1, 0.15) is 79.1 Å². The number of ether oxygens (including phenoxy) is 2. The second kappa shape index (κ2) is 15.3. The van der Waals surface area contributed by atoms with Gasteiger partial charge in [0.1, 0.15) is 11.5 Å². The molecule has 0 aromatic heterocycles. The van der Waals surface area contributed by atoms with Crippen molar-refractivity contribution in [3.05, 3.63) is 69.6 Å². The maximum Gasteiger partial charge on any atom is 0.127 e. The van der Waals surface area contributed by atoms with Crippen LogP contribution >= 0.6 is 31.9 Å². The Bertz CT molecular complexity index is 1290. The fourth-order valence-corrected chi connectivity index (χ4v) is 6.29. The number of hydrogen-bond acceptors (Lipinski definition) is 2. The maximum atomic E-state index is 6.73. The Hall–Kier alpha value is -2.04. The quantitative estimate of drug-likeness (QED) is 0.126. The predicted molar refractivity (Wildman–Crippen MR) is 180 cm³/mol. The van der Waals surface area contributed by atoms with Gasteiger partial charge in [0.2, 0.25) is 0 Å². The van der Waals surface area contributed by atoms with Gasteiger partial charge in [-0.15, -0.1) is 0 Å². The van der Waals surface area contributed by atoms with Crippen LogP contribution in [0, 0.1) is 11.8 Å². The highest BCUT2D eigenvalue weighted by Crippen LogP contribution is 2.46. The Morgan fingerprint density at radius 3 is 1.38 bits per heavy atom. The van der Waals surface area contributed by atoms with Crippen molar-refractivity contribution in [2.45, 2.75) is 79.1 Å². The smallest absolute Gasteiger partial charge is 0.127 e. The van der Waals surface area contributed by atoms with Crippen molar-refractivity contribution in [3.63, 3.8) is 0 Å². The number of hydrogen-bond donors (Lipinski definition) is 0. The van der Waals surface area contributed by atoms with Crippen LogP contribution in [-0.4, -0.2) is 13.2 Å². The fourth-order valence-electron chi connectivity index (χ4n) is 5.53. The summed E-state index contributed by atoms with van der Waals surface area (Å²) in [5, 5.41) is 4.73. The van der Waals surface area contributed by atoms with E-state index in [0.717, 1.165) is 57.6 Å².